The lowest BCUT2D eigenvalue weighted by Crippen LogP contribution is -2.13. The molecule has 0 aromatic carbocycles. The lowest BCUT2D eigenvalue weighted by atomic mass is 10.9. The lowest BCUT2D eigenvalue weighted by Gasteiger charge is -2.03. The van der Waals surface area contributed by atoms with E-state index in [-0.39, 0.29) is 6.67 Å². The first-order valence-electron chi connectivity index (χ1n) is 1.83. The van der Waals surface area contributed by atoms with Gasteiger partial charge in [-0.2, -0.15) is 5.12 Å². The molecule has 1 heterocycles. The summed E-state index contributed by atoms with van der Waals surface area (Å²) in [6.07, 6.45) is 2.39. The van der Waals surface area contributed by atoms with Crippen molar-refractivity contribution >= 4 is 12.7 Å². The van der Waals surface area contributed by atoms with Gasteiger partial charge in [0, 0.05) is 0 Å². The van der Waals surface area contributed by atoms with Crippen molar-refractivity contribution in [3.8, 4) is 0 Å². The van der Waals surface area contributed by atoms with Crippen LogP contribution in [0.5, 0.6) is 0 Å². The monoisotopic (exact) mass is 101 g/mol. The van der Waals surface area contributed by atoms with Crippen LogP contribution in [-0.2, 0) is 0 Å². The van der Waals surface area contributed by atoms with Crippen molar-refractivity contribution in [2.75, 3.05) is 6.67 Å². The van der Waals surface area contributed by atoms with Crippen LogP contribution in [0.2, 0.25) is 0 Å². The van der Waals surface area contributed by atoms with Gasteiger partial charge in [0.15, 0.2) is 0 Å². The average molecular weight is 101 g/mol. The number of hydrogen-bond acceptors (Lipinski definition) is 3. The van der Waals surface area contributed by atoms with Crippen LogP contribution in [0.3, 0.4) is 0 Å². The fourth-order valence-electron chi connectivity index (χ4n) is 0.300. The summed E-state index contributed by atoms with van der Waals surface area (Å²) in [5, 5.41) is 0.403. The molecule has 0 saturated carbocycles. The Bertz CT molecular complexity index is 109. The predicted octanol–water partition coefficient (Wildman–Crippen LogP) is 0.201. The Kier molecular flexibility index (Phi) is 1.02. The summed E-state index contributed by atoms with van der Waals surface area (Å²) < 4.78 is 11.8. The molecule has 0 radical (unpaired) electrons. The van der Waals surface area contributed by atoms with Gasteiger partial charge in [-0.05, 0) is 0 Å². The van der Waals surface area contributed by atoms with Gasteiger partial charge >= 0.3 is 0 Å². The number of rotatable bonds is 0. The molecule has 1 aliphatic rings. The molecule has 0 bridgehead atoms. The quantitative estimate of drug-likeness (QED) is 0.400. The Morgan fingerprint density at radius 1 is 1.71 bits per heavy atom. The molecule has 0 aromatic rings. The minimum Gasteiger partial charge on any atom is -0.249 e. The molecule has 0 amide bonds. The molecule has 1 rings (SSSR count). The number of aliphatic imine (C=N–C) groups is 2. The third-order valence-corrected chi connectivity index (χ3v) is 0.557. The fourth-order valence-corrected chi connectivity index (χ4v) is 0.300. The molecule has 0 unspecified atom stereocenters. The SMILES string of the molecule is FN1C=NC=NC1. The van der Waals surface area contributed by atoms with Crippen LogP contribution in [0.1, 0.15) is 0 Å². The molecule has 4 heteroatoms. The molecule has 1 aliphatic heterocycles. The van der Waals surface area contributed by atoms with E-state index in [0.717, 1.165) is 6.34 Å². The molecule has 0 atom stereocenters. The summed E-state index contributed by atoms with van der Waals surface area (Å²) in [5.74, 6) is 0. The third kappa shape index (κ3) is 0.956. The van der Waals surface area contributed by atoms with Crippen LogP contribution in [0.15, 0.2) is 9.98 Å². The molecule has 0 aromatic heterocycles. The largest absolute Gasteiger partial charge is 0.249 e. The smallest absolute Gasteiger partial charge is 0.143 e. The zero-order valence-corrected chi connectivity index (χ0v) is 3.58. The van der Waals surface area contributed by atoms with Gasteiger partial charge in [-0.15, -0.1) is 0 Å². The van der Waals surface area contributed by atoms with Crippen LogP contribution in [0, 0.1) is 0 Å². The zero-order valence-electron chi connectivity index (χ0n) is 3.58. The van der Waals surface area contributed by atoms with Crippen LogP contribution in [0.4, 0.5) is 4.48 Å². The third-order valence-electron chi connectivity index (χ3n) is 0.557. The maximum atomic E-state index is 11.8. The van der Waals surface area contributed by atoms with Crippen molar-refractivity contribution in [2.45, 2.75) is 0 Å². The standard InChI is InChI=1S/C3H4FN3/c4-7-2-5-1-6-3-7/h1-2H,3H2. The molecule has 0 spiro atoms. The van der Waals surface area contributed by atoms with Crippen LogP contribution < -0.4 is 0 Å². The second-order valence-electron chi connectivity index (χ2n) is 1.10. The van der Waals surface area contributed by atoms with Crippen molar-refractivity contribution < 1.29 is 4.48 Å². The minimum absolute atomic E-state index is 0.0729. The summed E-state index contributed by atoms with van der Waals surface area (Å²) in [6, 6.07) is 0. The summed E-state index contributed by atoms with van der Waals surface area (Å²) >= 11 is 0. The van der Waals surface area contributed by atoms with E-state index < -0.39 is 0 Å². The van der Waals surface area contributed by atoms with Gasteiger partial charge in [-0.3, -0.25) is 0 Å². The molecule has 0 saturated heterocycles. The number of halogens is 1. The molecule has 0 aliphatic carbocycles. The van der Waals surface area contributed by atoms with E-state index in [1.165, 1.54) is 6.34 Å². The molecule has 0 fully saturated rings. The van der Waals surface area contributed by atoms with E-state index >= 15 is 0 Å². The zero-order chi connectivity index (χ0) is 5.11. The molecule has 3 nitrogen and oxygen atoms in total. The summed E-state index contributed by atoms with van der Waals surface area (Å²) in [5.41, 5.74) is 0. The second-order valence-corrected chi connectivity index (χ2v) is 1.10. The average Bonchev–Trinajstić information content (AvgIpc) is 1.69. The molecule has 0 N–H and O–H groups in total. The molecule has 7 heavy (non-hydrogen) atoms. The number of nitrogens with zero attached hydrogens (tertiary/aromatic N) is 3. The van der Waals surface area contributed by atoms with Crippen molar-refractivity contribution in [1.82, 2.24) is 5.12 Å². The first-order chi connectivity index (χ1) is 3.39. The first kappa shape index (κ1) is 4.23. The maximum Gasteiger partial charge on any atom is 0.143 e. The molecule has 38 valence electrons. The highest BCUT2D eigenvalue weighted by Gasteiger charge is 1.93. The van der Waals surface area contributed by atoms with Gasteiger partial charge in [0.2, 0.25) is 0 Å². The van der Waals surface area contributed by atoms with Crippen molar-refractivity contribution in [3.63, 3.8) is 0 Å². The van der Waals surface area contributed by atoms with Gasteiger partial charge in [0.25, 0.3) is 0 Å². The second kappa shape index (κ2) is 1.68. The minimum atomic E-state index is 0.0729. The Morgan fingerprint density at radius 2 is 2.57 bits per heavy atom. The van der Waals surface area contributed by atoms with E-state index in [9.17, 15) is 4.48 Å². The lowest BCUT2D eigenvalue weighted by molar-refractivity contribution is 0.133. The van der Waals surface area contributed by atoms with Gasteiger partial charge in [-0.1, -0.05) is 4.48 Å². The summed E-state index contributed by atoms with van der Waals surface area (Å²) in [6.45, 7) is 0.0729. The Balaban J connectivity index is 2.49. The summed E-state index contributed by atoms with van der Waals surface area (Å²) in [7, 11) is 0. The first-order valence-corrected chi connectivity index (χ1v) is 1.83. The van der Waals surface area contributed by atoms with Crippen molar-refractivity contribution in [1.29, 1.82) is 0 Å². The van der Waals surface area contributed by atoms with Crippen molar-refractivity contribution in [2.24, 2.45) is 9.98 Å². The van der Waals surface area contributed by atoms with E-state index in [4.69, 9.17) is 0 Å². The molecular formula is C3H4FN3. The van der Waals surface area contributed by atoms with Gasteiger partial charge in [-0.25, -0.2) is 9.98 Å². The molecular weight excluding hydrogens is 97.1 g/mol. The van der Waals surface area contributed by atoms with Crippen molar-refractivity contribution in [3.05, 3.63) is 0 Å². The fraction of sp³-hybridized carbons (Fsp3) is 0.333. The van der Waals surface area contributed by atoms with Gasteiger partial charge in [0.05, 0.1) is 0 Å². The van der Waals surface area contributed by atoms with Gasteiger partial charge in [0.1, 0.15) is 19.3 Å². The van der Waals surface area contributed by atoms with E-state index in [1.54, 1.807) is 0 Å². The van der Waals surface area contributed by atoms with E-state index in [2.05, 4.69) is 9.98 Å². The Morgan fingerprint density at radius 3 is 2.86 bits per heavy atom. The maximum absolute atomic E-state index is 11.8. The van der Waals surface area contributed by atoms with Crippen LogP contribution in [-0.4, -0.2) is 24.5 Å². The normalized spacial score (nSPS) is 18.1. The highest BCUT2D eigenvalue weighted by Crippen LogP contribution is 1.86. The predicted molar refractivity (Wildman–Crippen MR) is 24.8 cm³/mol. The number of hydrogen-bond donors (Lipinski definition) is 0. The van der Waals surface area contributed by atoms with E-state index in [0.29, 0.717) is 5.12 Å². The van der Waals surface area contributed by atoms with Gasteiger partial charge < -0.3 is 0 Å². The topological polar surface area (TPSA) is 28.0 Å². The van der Waals surface area contributed by atoms with Crippen LogP contribution >= 0.6 is 0 Å². The van der Waals surface area contributed by atoms with Crippen LogP contribution in [0.25, 0.3) is 0 Å². The highest BCUT2D eigenvalue weighted by molar-refractivity contribution is 5.72. The van der Waals surface area contributed by atoms with E-state index in [1.807, 2.05) is 0 Å². The highest BCUT2D eigenvalue weighted by atomic mass is 19.2. The Labute approximate surface area is 40.1 Å². The summed E-state index contributed by atoms with van der Waals surface area (Å²) in [4.78, 5) is 6.88. The Hall–Kier alpha value is -0.930.